The minimum absolute atomic E-state index is 0.0732. The zero-order valence-corrected chi connectivity index (χ0v) is 19.2. The number of rotatable bonds is 10. The summed E-state index contributed by atoms with van der Waals surface area (Å²) in [5, 5.41) is 9.44. The number of benzene rings is 2. The van der Waals surface area contributed by atoms with Gasteiger partial charge in [-0.15, -0.1) is 5.10 Å². The fourth-order valence-corrected chi connectivity index (χ4v) is 5.40. The Labute approximate surface area is 194 Å². The van der Waals surface area contributed by atoms with Gasteiger partial charge in [0, 0.05) is 35.2 Å². The van der Waals surface area contributed by atoms with Gasteiger partial charge in [-0.1, -0.05) is 18.2 Å². The normalized spacial score (nSPS) is 12.6. The maximum Gasteiger partial charge on any atom is 0.239 e. The van der Waals surface area contributed by atoms with Crippen LogP contribution in [0.25, 0.3) is 22.2 Å². The van der Waals surface area contributed by atoms with Crippen molar-refractivity contribution in [3.8, 4) is 11.1 Å². The highest BCUT2D eigenvalue weighted by Gasteiger charge is 2.27. The van der Waals surface area contributed by atoms with Gasteiger partial charge in [0.25, 0.3) is 0 Å². The van der Waals surface area contributed by atoms with Gasteiger partial charge in [-0.25, -0.2) is 29.9 Å². The van der Waals surface area contributed by atoms with Crippen LogP contribution in [0.5, 0.6) is 0 Å². The first-order chi connectivity index (χ1) is 15.7. The number of hydrogen-bond acceptors (Lipinski definition) is 11. The monoisotopic (exact) mass is 493 g/mol. The van der Waals surface area contributed by atoms with E-state index in [-0.39, 0.29) is 46.9 Å². The molecule has 33 heavy (non-hydrogen) atoms. The van der Waals surface area contributed by atoms with E-state index in [0.29, 0.717) is 22.5 Å². The first kappa shape index (κ1) is 24.9. The van der Waals surface area contributed by atoms with Crippen molar-refractivity contribution >= 4 is 38.8 Å². The average molecular weight is 494 g/mol. The Kier molecular flexibility index (Phi) is 7.88. The Morgan fingerprint density at radius 2 is 1.88 bits per heavy atom. The van der Waals surface area contributed by atoms with Crippen molar-refractivity contribution in [2.24, 2.45) is 39.0 Å². The van der Waals surface area contributed by atoms with Gasteiger partial charge in [0.15, 0.2) is 5.84 Å². The highest BCUT2D eigenvalue weighted by atomic mass is 32.2. The second-order valence-corrected chi connectivity index (χ2v) is 9.34. The maximum absolute atomic E-state index is 12.8. The molecule has 0 saturated heterocycles. The molecule has 0 fully saturated rings. The molecular formula is C18H27N11O2S2. The molecule has 15 N–H and O–H groups in total. The summed E-state index contributed by atoms with van der Waals surface area (Å²) in [5.74, 6) is 5.71. The molecule has 15 heteroatoms. The topological polar surface area (TPSA) is 255 Å². The lowest BCUT2D eigenvalue weighted by Crippen LogP contribution is -2.38. The predicted octanol–water partition coefficient (Wildman–Crippen LogP) is -1.70. The fraction of sp³-hybridized carbons (Fsp3) is 0.222. The third kappa shape index (κ3) is 5.26. The lowest BCUT2D eigenvalue weighted by Gasteiger charge is -2.19. The molecule has 3 rings (SSSR count). The van der Waals surface area contributed by atoms with Gasteiger partial charge in [0.1, 0.15) is 10.7 Å². The average Bonchev–Trinajstić information content (AvgIpc) is 3.22. The SMILES string of the molecule is NCc1nc2c(-c3ccc(SNC(CN)CN)c(S(N)(=O)=O)c3/C(N)=N/NN)cccc2[nH]1. The number of sulfonamides is 1. The van der Waals surface area contributed by atoms with E-state index >= 15 is 0 Å². The lowest BCUT2D eigenvalue weighted by atomic mass is 9.97. The van der Waals surface area contributed by atoms with Gasteiger partial charge in [-0.2, -0.15) is 0 Å². The van der Waals surface area contributed by atoms with Gasteiger partial charge >= 0.3 is 0 Å². The Morgan fingerprint density at radius 1 is 1.15 bits per heavy atom. The van der Waals surface area contributed by atoms with Crippen LogP contribution in [0.15, 0.2) is 45.2 Å². The molecule has 0 aliphatic carbocycles. The van der Waals surface area contributed by atoms with Crippen molar-refractivity contribution in [1.82, 2.24) is 20.2 Å². The number of amidine groups is 1. The molecule has 0 amide bonds. The van der Waals surface area contributed by atoms with Crippen molar-refractivity contribution in [1.29, 1.82) is 0 Å². The molecule has 0 aliphatic rings. The second kappa shape index (κ2) is 10.4. The largest absolute Gasteiger partial charge is 0.382 e. The molecule has 0 radical (unpaired) electrons. The first-order valence-electron chi connectivity index (χ1n) is 9.74. The summed E-state index contributed by atoms with van der Waals surface area (Å²) in [6.07, 6.45) is 0. The van der Waals surface area contributed by atoms with Crippen LogP contribution in [0.1, 0.15) is 11.4 Å². The van der Waals surface area contributed by atoms with Crippen molar-refractivity contribution in [2.75, 3.05) is 13.1 Å². The number of para-hydroxylation sites is 1. The van der Waals surface area contributed by atoms with E-state index in [2.05, 4.69) is 25.3 Å². The van der Waals surface area contributed by atoms with Gasteiger partial charge in [0.2, 0.25) is 10.0 Å². The standard InChI is InChI=1S/C18H27N11O2S2/c19-6-9(7-20)28-32-13-5-4-10(15(18(22)27-29-23)17(13)33(24,30)31)11-2-1-3-12-16(11)26-14(8-21)25-12/h1-5,9,28-29H,6-8,19-21,23H2,(H2,22,27)(H,25,26)(H2,24,30,31). The van der Waals surface area contributed by atoms with E-state index in [1.807, 2.05) is 6.07 Å². The zero-order valence-electron chi connectivity index (χ0n) is 17.6. The van der Waals surface area contributed by atoms with Gasteiger partial charge in [-0.3, -0.25) is 4.72 Å². The Hall–Kier alpha value is -2.76. The van der Waals surface area contributed by atoms with E-state index in [0.717, 1.165) is 17.5 Å². The fourth-order valence-electron chi connectivity index (χ4n) is 3.27. The van der Waals surface area contributed by atoms with E-state index in [9.17, 15) is 8.42 Å². The van der Waals surface area contributed by atoms with Crippen molar-refractivity contribution in [2.45, 2.75) is 22.4 Å². The van der Waals surface area contributed by atoms with E-state index in [4.69, 9.17) is 33.9 Å². The lowest BCUT2D eigenvalue weighted by molar-refractivity contribution is 0.595. The Morgan fingerprint density at radius 3 is 2.48 bits per heavy atom. The molecule has 178 valence electrons. The molecule has 1 heterocycles. The first-order valence-corrected chi connectivity index (χ1v) is 12.1. The number of imidazole rings is 1. The Bertz CT molecular complexity index is 1270. The molecule has 3 aromatic rings. The molecule has 1 aromatic heterocycles. The third-order valence-electron chi connectivity index (χ3n) is 4.80. The van der Waals surface area contributed by atoms with Crippen LogP contribution in [-0.2, 0) is 16.6 Å². The molecule has 0 saturated carbocycles. The summed E-state index contributed by atoms with van der Waals surface area (Å²) in [5.41, 5.74) is 27.8. The minimum atomic E-state index is -4.27. The van der Waals surface area contributed by atoms with E-state index < -0.39 is 10.0 Å². The molecular weight excluding hydrogens is 466 g/mol. The number of nitrogens with one attached hydrogen (secondary N) is 3. The molecule has 13 nitrogen and oxygen atoms in total. The Balaban J connectivity index is 2.32. The summed E-state index contributed by atoms with van der Waals surface area (Å²) in [7, 11) is -4.27. The maximum atomic E-state index is 12.8. The quantitative estimate of drug-likeness (QED) is 0.0505. The van der Waals surface area contributed by atoms with Crippen molar-refractivity contribution in [3.63, 3.8) is 0 Å². The summed E-state index contributed by atoms with van der Waals surface area (Å²) in [6, 6.07) is 8.47. The molecule has 0 unspecified atom stereocenters. The zero-order chi connectivity index (χ0) is 24.2. The smallest absolute Gasteiger partial charge is 0.239 e. The van der Waals surface area contributed by atoms with Crippen LogP contribution < -0.4 is 44.2 Å². The van der Waals surface area contributed by atoms with Crippen LogP contribution in [0.3, 0.4) is 0 Å². The molecule has 0 spiro atoms. The second-order valence-electron chi connectivity index (χ2n) is 6.96. The van der Waals surface area contributed by atoms with Crippen molar-refractivity contribution < 1.29 is 8.42 Å². The van der Waals surface area contributed by atoms with Gasteiger partial charge < -0.3 is 27.9 Å². The summed E-state index contributed by atoms with van der Waals surface area (Å²) < 4.78 is 28.5. The van der Waals surface area contributed by atoms with Crippen molar-refractivity contribution in [3.05, 3.63) is 41.7 Å². The number of fused-ring (bicyclic) bond motifs is 1. The van der Waals surface area contributed by atoms with Crippen LogP contribution >= 0.6 is 11.9 Å². The predicted molar refractivity (Wildman–Crippen MR) is 130 cm³/mol. The minimum Gasteiger partial charge on any atom is -0.382 e. The number of H-pyrrole nitrogens is 1. The van der Waals surface area contributed by atoms with E-state index in [1.54, 1.807) is 24.3 Å². The number of hydrazine groups is 1. The van der Waals surface area contributed by atoms with Crippen LogP contribution in [-0.4, -0.2) is 43.4 Å². The molecule has 0 bridgehead atoms. The molecule has 0 atom stereocenters. The summed E-state index contributed by atoms with van der Waals surface area (Å²) >= 11 is 1.03. The van der Waals surface area contributed by atoms with Crippen LogP contribution in [0.2, 0.25) is 0 Å². The number of nitrogens with two attached hydrogens (primary N) is 6. The van der Waals surface area contributed by atoms with Crippen LogP contribution in [0.4, 0.5) is 0 Å². The number of aromatic nitrogens is 2. The number of hydrogen-bond donors (Lipinski definition) is 9. The van der Waals surface area contributed by atoms with Gasteiger partial charge in [0.05, 0.1) is 17.6 Å². The third-order valence-corrected chi connectivity index (χ3v) is 6.93. The highest BCUT2D eigenvalue weighted by molar-refractivity contribution is 7.98. The number of nitrogens with zero attached hydrogens (tertiary/aromatic N) is 2. The molecule has 0 aliphatic heterocycles. The number of hydrazone groups is 1. The number of primary sulfonamides is 1. The van der Waals surface area contributed by atoms with Crippen LogP contribution in [0, 0.1) is 0 Å². The summed E-state index contributed by atoms with van der Waals surface area (Å²) in [4.78, 5) is 7.70. The summed E-state index contributed by atoms with van der Waals surface area (Å²) in [6.45, 7) is 0.712. The number of aromatic amines is 1. The highest BCUT2D eigenvalue weighted by Crippen LogP contribution is 2.37. The van der Waals surface area contributed by atoms with Gasteiger partial charge in [-0.05, 0) is 29.6 Å². The molecule has 2 aromatic carbocycles. The van der Waals surface area contributed by atoms with E-state index in [1.165, 1.54) is 0 Å².